The number of furan rings is 1. The van der Waals surface area contributed by atoms with Crippen molar-refractivity contribution >= 4 is 21.8 Å². The maximum Gasteiger partial charge on any atom is 0.287 e. The standard InChI is InChI=1S/C19H20BrN3O2/c1-12(15-7-5-4-6-8-15)21-19(24)17-10-9-16(25-17)11-23-14(3)18(20)13(2)22-23/h4-10,12H,11H2,1-3H3,(H,21,24). The van der Waals surface area contributed by atoms with Crippen LogP contribution in [-0.4, -0.2) is 15.7 Å². The van der Waals surface area contributed by atoms with E-state index in [9.17, 15) is 4.79 Å². The number of amides is 1. The van der Waals surface area contributed by atoms with Gasteiger partial charge in [0.15, 0.2) is 5.76 Å². The minimum Gasteiger partial charge on any atom is -0.454 e. The normalized spacial score (nSPS) is 12.2. The van der Waals surface area contributed by atoms with E-state index in [2.05, 4.69) is 26.3 Å². The second kappa shape index (κ2) is 7.27. The van der Waals surface area contributed by atoms with E-state index in [0.29, 0.717) is 18.1 Å². The molecule has 0 aliphatic rings. The molecule has 1 N–H and O–H groups in total. The molecule has 1 aromatic carbocycles. The Morgan fingerprint density at radius 1 is 1.24 bits per heavy atom. The number of halogens is 1. The van der Waals surface area contributed by atoms with Crippen molar-refractivity contribution in [2.24, 2.45) is 0 Å². The lowest BCUT2D eigenvalue weighted by Crippen LogP contribution is -2.26. The van der Waals surface area contributed by atoms with E-state index in [1.807, 2.05) is 61.9 Å². The molecule has 0 bridgehead atoms. The zero-order chi connectivity index (χ0) is 18.0. The molecular formula is C19H20BrN3O2. The summed E-state index contributed by atoms with van der Waals surface area (Å²) < 4.78 is 8.55. The van der Waals surface area contributed by atoms with E-state index >= 15 is 0 Å². The quantitative estimate of drug-likeness (QED) is 0.689. The van der Waals surface area contributed by atoms with Gasteiger partial charge >= 0.3 is 0 Å². The van der Waals surface area contributed by atoms with Crippen LogP contribution >= 0.6 is 15.9 Å². The highest BCUT2D eigenvalue weighted by atomic mass is 79.9. The predicted octanol–water partition coefficient (Wildman–Crippen LogP) is 4.39. The fraction of sp³-hybridized carbons (Fsp3) is 0.263. The number of nitrogens with one attached hydrogen (secondary N) is 1. The van der Waals surface area contributed by atoms with Crippen LogP contribution in [0, 0.1) is 13.8 Å². The van der Waals surface area contributed by atoms with Gasteiger partial charge in [0, 0.05) is 0 Å². The predicted molar refractivity (Wildman–Crippen MR) is 99.5 cm³/mol. The largest absolute Gasteiger partial charge is 0.454 e. The number of aryl methyl sites for hydroxylation is 1. The molecule has 0 radical (unpaired) electrons. The molecule has 0 saturated heterocycles. The van der Waals surface area contributed by atoms with Crippen LogP contribution in [0.15, 0.2) is 51.4 Å². The summed E-state index contributed by atoms with van der Waals surface area (Å²) in [6, 6.07) is 13.3. The van der Waals surface area contributed by atoms with Gasteiger partial charge < -0.3 is 9.73 Å². The van der Waals surface area contributed by atoms with Gasteiger partial charge in [0.1, 0.15) is 5.76 Å². The molecule has 25 heavy (non-hydrogen) atoms. The third-order valence-corrected chi connectivity index (χ3v) is 5.28. The van der Waals surface area contributed by atoms with E-state index in [-0.39, 0.29) is 11.9 Å². The zero-order valence-corrected chi connectivity index (χ0v) is 16.0. The first-order valence-corrected chi connectivity index (χ1v) is 8.89. The maximum absolute atomic E-state index is 12.4. The number of aromatic nitrogens is 2. The van der Waals surface area contributed by atoms with Gasteiger partial charge in [-0.3, -0.25) is 9.48 Å². The molecule has 3 rings (SSSR count). The summed E-state index contributed by atoms with van der Waals surface area (Å²) in [5, 5.41) is 7.41. The minimum absolute atomic E-state index is 0.0887. The van der Waals surface area contributed by atoms with Crippen molar-refractivity contribution in [3.8, 4) is 0 Å². The Morgan fingerprint density at radius 2 is 1.96 bits per heavy atom. The summed E-state index contributed by atoms with van der Waals surface area (Å²) in [7, 11) is 0. The molecule has 6 heteroatoms. The molecule has 1 amide bonds. The van der Waals surface area contributed by atoms with Gasteiger partial charge in [0.25, 0.3) is 5.91 Å². The fourth-order valence-corrected chi connectivity index (χ4v) is 2.94. The molecule has 1 unspecified atom stereocenters. The number of rotatable bonds is 5. The molecule has 2 aromatic heterocycles. The number of hydrogen-bond donors (Lipinski definition) is 1. The van der Waals surface area contributed by atoms with E-state index < -0.39 is 0 Å². The van der Waals surface area contributed by atoms with E-state index in [1.54, 1.807) is 6.07 Å². The smallest absolute Gasteiger partial charge is 0.287 e. The Morgan fingerprint density at radius 3 is 2.60 bits per heavy atom. The van der Waals surface area contributed by atoms with Gasteiger partial charge in [-0.05, 0) is 54.4 Å². The van der Waals surface area contributed by atoms with Gasteiger partial charge in [-0.2, -0.15) is 5.10 Å². The number of carbonyl (C=O) groups is 1. The lowest BCUT2D eigenvalue weighted by molar-refractivity contribution is 0.0909. The van der Waals surface area contributed by atoms with Crippen LogP contribution in [0.2, 0.25) is 0 Å². The first-order valence-electron chi connectivity index (χ1n) is 8.09. The fourth-order valence-electron chi connectivity index (χ4n) is 2.65. The Kier molecular flexibility index (Phi) is 5.08. The van der Waals surface area contributed by atoms with E-state index in [4.69, 9.17) is 4.42 Å². The Bertz CT molecular complexity index is 883. The van der Waals surface area contributed by atoms with E-state index in [0.717, 1.165) is 21.4 Å². The maximum atomic E-state index is 12.4. The van der Waals surface area contributed by atoms with Crippen LogP contribution in [0.25, 0.3) is 0 Å². The number of carbonyl (C=O) groups excluding carboxylic acids is 1. The zero-order valence-electron chi connectivity index (χ0n) is 14.4. The molecular weight excluding hydrogens is 382 g/mol. The topological polar surface area (TPSA) is 60.1 Å². The van der Waals surface area contributed by atoms with Crippen LogP contribution in [0.4, 0.5) is 0 Å². The molecule has 3 aromatic rings. The Balaban J connectivity index is 1.68. The first kappa shape index (κ1) is 17.5. The number of hydrogen-bond acceptors (Lipinski definition) is 3. The van der Waals surface area contributed by atoms with Crippen molar-refractivity contribution in [2.75, 3.05) is 0 Å². The highest BCUT2D eigenvalue weighted by molar-refractivity contribution is 9.10. The van der Waals surface area contributed by atoms with Gasteiger partial charge in [-0.25, -0.2) is 0 Å². The van der Waals surface area contributed by atoms with Crippen molar-refractivity contribution in [3.05, 3.63) is 75.4 Å². The van der Waals surface area contributed by atoms with E-state index in [1.165, 1.54) is 0 Å². The van der Waals surface area contributed by atoms with Gasteiger partial charge in [-0.1, -0.05) is 30.3 Å². The lowest BCUT2D eigenvalue weighted by Gasteiger charge is -2.13. The van der Waals surface area contributed by atoms with Crippen LogP contribution < -0.4 is 5.32 Å². The van der Waals surface area contributed by atoms with Crippen molar-refractivity contribution in [3.63, 3.8) is 0 Å². The molecule has 0 aliphatic heterocycles. The summed E-state index contributed by atoms with van der Waals surface area (Å²) >= 11 is 3.51. The van der Waals surface area contributed by atoms with Crippen LogP contribution in [0.5, 0.6) is 0 Å². The van der Waals surface area contributed by atoms with Gasteiger partial charge in [0.05, 0.1) is 28.4 Å². The minimum atomic E-state index is -0.225. The van der Waals surface area contributed by atoms with Crippen LogP contribution in [-0.2, 0) is 6.54 Å². The summed E-state index contributed by atoms with van der Waals surface area (Å²) in [5.74, 6) is 0.770. The Hall–Kier alpha value is -2.34. The summed E-state index contributed by atoms with van der Waals surface area (Å²) in [6.07, 6.45) is 0. The SMILES string of the molecule is Cc1nn(Cc2ccc(C(=O)NC(C)c3ccccc3)o2)c(C)c1Br. The first-order chi connectivity index (χ1) is 12.0. The molecule has 5 nitrogen and oxygen atoms in total. The summed E-state index contributed by atoms with van der Waals surface area (Å²) in [5.41, 5.74) is 3.01. The Labute approximate surface area is 155 Å². The van der Waals surface area contributed by atoms with Gasteiger partial charge in [0.2, 0.25) is 0 Å². The van der Waals surface area contributed by atoms with Crippen molar-refractivity contribution in [2.45, 2.75) is 33.4 Å². The highest BCUT2D eigenvalue weighted by Crippen LogP contribution is 2.21. The molecule has 0 fully saturated rings. The third kappa shape index (κ3) is 3.85. The molecule has 0 aliphatic carbocycles. The lowest BCUT2D eigenvalue weighted by atomic mass is 10.1. The van der Waals surface area contributed by atoms with Crippen LogP contribution in [0.3, 0.4) is 0 Å². The highest BCUT2D eigenvalue weighted by Gasteiger charge is 2.16. The van der Waals surface area contributed by atoms with Crippen molar-refractivity contribution in [1.29, 1.82) is 0 Å². The van der Waals surface area contributed by atoms with Crippen LogP contribution in [0.1, 0.15) is 46.2 Å². The molecule has 0 saturated carbocycles. The average Bonchev–Trinajstić information content (AvgIpc) is 3.17. The van der Waals surface area contributed by atoms with Crippen molar-refractivity contribution in [1.82, 2.24) is 15.1 Å². The number of benzene rings is 1. The second-order valence-corrected chi connectivity index (χ2v) is 6.81. The molecule has 0 spiro atoms. The second-order valence-electron chi connectivity index (χ2n) is 6.01. The third-order valence-electron chi connectivity index (χ3n) is 4.13. The monoisotopic (exact) mass is 401 g/mol. The summed E-state index contributed by atoms with van der Waals surface area (Å²) in [4.78, 5) is 12.4. The molecule has 130 valence electrons. The van der Waals surface area contributed by atoms with Crippen molar-refractivity contribution < 1.29 is 9.21 Å². The number of nitrogens with zero attached hydrogens (tertiary/aromatic N) is 2. The average molecular weight is 402 g/mol. The summed E-state index contributed by atoms with van der Waals surface area (Å²) in [6.45, 7) is 6.37. The molecule has 2 heterocycles. The van der Waals surface area contributed by atoms with Gasteiger partial charge in [-0.15, -0.1) is 0 Å². The molecule has 1 atom stereocenters.